The third-order valence-corrected chi connectivity index (χ3v) is 5.18. The Labute approximate surface area is 173 Å². The molecule has 2 heterocycles. The van der Waals surface area contributed by atoms with Gasteiger partial charge in [-0.1, -0.05) is 59.9 Å². The molecule has 1 amide bonds. The summed E-state index contributed by atoms with van der Waals surface area (Å²) in [6.45, 7) is 1.67. The summed E-state index contributed by atoms with van der Waals surface area (Å²) >= 11 is 1.07. The van der Waals surface area contributed by atoms with Crippen molar-refractivity contribution in [2.24, 2.45) is 0 Å². The minimum absolute atomic E-state index is 0.0932. The maximum atomic E-state index is 13.8. The van der Waals surface area contributed by atoms with Crippen molar-refractivity contribution in [3.63, 3.8) is 0 Å². The molecular formula is C20H14F3N5OS. The predicted molar refractivity (Wildman–Crippen MR) is 107 cm³/mol. The second-order valence-corrected chi connectivity index (χ2v) is 7.31. The number of hydrogen-bond donors (Lipinski definition) is 1. The molecule has 0 spiro atoms. The first-order valence-corrected chi connectivity index (χ1v) is 9.58. The molecule has 0 aliphatic heterocycles. The molecule has 30 heavy (non-hydrogen) atoms. The summed E-state index contributed by atoms with van der Waals surface area (Å²) in [4.78, 5) is 12.6. The SMILES string of the molecule is Cc1ccccc1-n1ncc(C(=O)Nc2nnc(-c3ccccc3)s2)c1C(F)(F)F. The van der Waals surface area contributed by atoms with Crippen molar-refractivity contribution in [2.45, 2.75) is 13.1 Å². The number of amides is 1. The Morgan fingerprint density at radius 1 is 1.03 bits per heavy atom. The first-order valence-electron chi connectivity index (χ1n) is 8.76. The van der Waals surface area contributed by atoms with Gasteiger partial charge in [-0.3, -0.25) is 10.1 Å². The van der Waals surface area contributed by atoms with Crippen LogP contribution >= 0.6 is 11.3 Å². The molecule has 0 bridgehead atoms. The molecular weight excluding hydrogens is 415 g/mol. The van der Waals surface area contributed by atoms with E-state index >= 15 is 0 Å². The number of nitrogens with one attached hydrogen (secondary N) is 1. The molecule has 0 aliphatic carbocycles. The lowest BCUT2D eigenvalue weighted by Crippen LogP contribution is -2.21. The number of para-hydroxylation sites is 1. The van der Waals surface area contributed by atoms with Gasteiger partial charge in [0.15, 0.2) is 5.69 Å². The number of aromatic nitrogens is 4. The molecule has 2 aromatic carbocycles. The molecule has 10 heteroatoms. The van der Waals surface area contributed by atoms with Gasteiger partial charge in [0, 0.05) is 5.56 Å². The van der Waals surface area contributed by atoms with E-state index in [0.717, 1.165) is 27.8 Å². The predicted octanol–water partition coefficient (Wildman–Crippen LogP) is 4.97. The van der Waals surface area contributed by atoms with Crippen LogP contribution in [0, 0.1) is 6.92 Å². The summed E-state index contributed by atoms with van der Waals surface area (Å²) in [5, 5.41) is 14.7. The molecule has 6 nitrogen and oxygen atoms in total. The normalized spacial score (nSPS) is 11.5. The Hall–Kier alpha value is -3.53. The van der Waals surface area contributed by atoms with Crippen LogP contribution in [0.1, 0.15) is 21.6 Å². The van der Waals surface area contributed by atoms with E-state index in [9.17, 15) is 18.0 Å². The Kier molecular flexibility index (Phi) is 5.08. The molecule has 0 unspecified atom stereocenters. The summed E-state index contributed by atoms with van der Waals surface area (Å²) in [7, 11) is 0. The third kappa shape index (κ3) is 3.81. The smallest absolute Gasteiger partial charge is 0.296 e. The molecule has 0 aliphatic rings. The Morgan fingerprint density at radius 2 is 1.73 bits per heavy atom. The highest BCUT2D eigenvalue weighted by atomic mass is 32.1. The highest BCUT2D eigenvalue weighted by Crippen LogP contribution is 2.35. The molecule has 1 N–H and O–H groups in total. The monoisotopic (exact) mass is 429 g/mol. The van der Waals surface area contributed by atoms with Gasteiger partial charge in [0.25, 0.3) is 5.91 Å². The van der Waals surface area contributed by atoms with Gasteiger partial charge in [-0.05, 0) is 18.6 Å². The molecule has 152 valence electrons. The van der Waals surface area contributed by atoms with E-state index in [-0.39, 0.29) is 10.8 Å². The zero-order valence-electron chi connectivity index (χ0n) is 15.5. The maximum Gasteiger partial charge on any atom is 0.434 e. The van der Waals surface area contributed by atoms with Crippen molar-refractivity contribution in [3.05, 3.63) is 77.6 Å². The molecule has 4 rings (SSSR count). The molecule has 0 radical (unpaired) electrons. The Balaban J connectivity index is 1.67. The van der Waals surface area contributed by atoms with E-state index in [4.69, 9.17) is 0 Å². The van der Waals surface area contributed by atoms with E-state index < -0.39 is 23.3 Å². The van der Waals surface area contributed by atoms with Crippen molar-refractivity contribution in [1.82, 2.24) is 20.0 Å². The standard InChI is InChI=1S/C20H14F3N5OS/c1-12-7-5-6-10-15(12)28-16(20(21,22)23)14(11-24-28)17(29)25-19-27-26-18(30-19)13-8-3-2-4-9-13/h2-11H,1H3,(H,25,27,29). The third-order valence-electron chi connectivity index (χ3n) is 4.29. The number of hydrogen-bond acceptors (Lipinski definition) is 5. The zero-order chi connectivity index (χ0) is 21.3. The number of benzene rings is 2. The number of carbonyl (C=O) groups is 1. The quantitative estimate of drug-likeness (QED) is 0.497. The van der Waals surface area contributed by atoms with E-state index in [1.807, 2.05) is 30.3 Å². The first kappa shape index (κ1) is 19.8. The van der Waals surface area contributed by atoms with Gasteiger partial charge in [0.2, 0.25) is 5.13 Å². The van der Waals surface area contributed by atoms with Gasteiger partial charge in [0.05, 0.1) is 17.4 Å². The number of aryl methyl sites for hydroxylation is 1. The number of nitrogens with zero attached hydrogens (tertiary/aromatic N) is 4. The van der Waals surface area contributed by atoms with E-state index in [2.05, 4.69) is 20.6 Å². The second kappa shape index (κ2) is 7.71. The molecule has 0 atom stereocenters. The zero-order valence-corrected chi connectivity index (χ0v) is 16.3. The molecule has 0 fully saturated rings. The number of rotatable bonds is 4. The van der Waals surface area contributed by atoms with Crippen LogP contribution in [-0.2, 0) is 6.18 Å². The van der Waals surface area contributed by atoms with Crippen LogP contribution in [0.5, 0.6) is 0 Å². The number of anilines is 1. The van der Waals surface area contributed by atoms with Gasteiger partial charge in [-0.2, -0.15) is 18.3 Å². The van der Waals surface area contributed by atoms with Crippen LogP contribution in [0.2, 0.25) is 0 Å². The molecule has 2 aromatic heterocycles. The van der Waals surface area contributed by atoms with Crippen LogP contribution in [-0.4, -0.2) is 25.9 Å². The summed E-state index contributed by atoms with van der Waals surface area (Å²) < 4.78 is 42.2. The topological polar surface area (TPSA) is 72.7 Å². The van der Waals surface area contributed by atoms with E-state index in [1.165, 1.54) is 6.07 Å². The van der Waals surface area contributed by atoms with Crippen LogP contribution in [0.4, 0.5) is 18.3 Å². The number of halogens is 3. The summed E-state index contributed by atoms with van der Waals surface area (Å²) in [5.41, 5.74) is -0.121. The van der Waals surface area contributed by atoms with Gasteiger partial charge in [-0.25, -0.2) is 4.68 Å². The van der Waals surface area contributed by atoms with Gasteiger partial charge in [0.1, 0.15) is 5.01 Å². The molecule has 4 aromatic rings. The number of alkyl halides is 3. The van der Waals surface area contributed by atoms with Gasteiger partial charge < -0.3 is 0 Å². The van der Waals surface area contributed by atoms with Crippen molar-refractivity contribution in [1.29, 1.82) is 0 Å². The lowest BCUT2D eigenvalue weighted by molar-refractivity contribution is -0.143. The average molecular weight is 429 g/mol. The Morgan fingerprint density at radius 3 is 2.43 bits per heavy atom. The maximum absolute atomic E-state index is 13.8. The van der Waals surface area contributed by atoms with Crippen LogP contribution in [0.3, 0.4) is 0 Å². The van der Waals surface area contributed by atoms with Crippen molar-refractivity contribution in [3.8, 4) is 16.3 Å². The Bertz CT molecular complexity index is 1200. The average Bonchev–Trinajstić information content (AvgIpc) is 3.36. The van der Waals surface area contributed by atoms with Gasteiger partial charge in [-0.15, -0.1) is 10.2 Å². The highest BCUT2D eigenvalue weighted by Gasteiger charge is 2.41. The van der Waals surface area contributed by atoms with Crippen molar-refractivity contribution < 1.29 is 18.0 Å². The fourth-order valence-electron chi connectivity index (χ4n) is 2.91. The first-order chi connectivity index (χ1) is 14.3. The minimum atomic E-state index is -4.79. The van der Waals surface area contributed by atoms with Crippen molar-refractivity contribution in [2.75, 3.05) is 5.32 Å². The minimum Gasteiger partial charge on any atom is -0.296 e. The summed E-state index contributed by atoms with van der Waals surface area (Å²) in [5.74, 6) is -0.960. The largest absolute Gasteiger partial charge is 0.434 e. The van der Waals surface area contributed by atoms with Crippen LogP contribution < -0.4 is 5.32 Å². The molecule has 0 saturated carbocycles. The van der Waals surface area contributed by atoms with E-state index in [0.29, 0.717) is 10.6 Å². The van der Waals surface area contributed by atoms with Crippen LogP contribution in [0.25, 0.3) is 16.3 Å². The molecule has 0 saturated heterocycles. The number of carbonyl (C=O) groups excluding carboxylic acids is 1. The summed E-state index contributed by atoms with van der Waals surface area (Å²) in [6, 6.07) is 15.6. The fourth-order valence-corrected chi connectivity index (χ4v) is 3.65. The lowest BCUT2D eigenvalue weighted by Gasteiger charge is -2.14. The van der Waals surface area contributed by atoms with Gasteiger partial charge >= 0.3 is 6.18 Å². The van der Waals surface area contributed by atoms with Crippen molar-refractivity contribution >= 4 is 22.4 Å². The lowest BCUT2D eigenvalue weighted by atomic mass is 10.2. The summed E-state index contributed by atoms with van der Waals surface area (Å²) in [6.07, 6.45) is -3.88. The van der Waals surface area contributed by atoms with E-state index in [1.54, 1.807) is 25.1 Å². The fraction of sp³-hybridized carbons (Fsp3) is 0.100. The highest BCUT2D eigenvalue weighted by molar-refractivity contribution is 7.18. The van der Waals surface area contributed by atoms with Crippen LogP contribution in [0.15, 0.2) is 60.8 Å². The second-order valence-electron chi connectivity index (χ2n) is 6.34.